The van der Waals surface area contributed by atoms with E-state index >= 15 is 0 Å². The maximum atomic E-state index is 12.1. The number of benzene rings is 1. The second kappa shape index (κ2) is 7.38. The van der Waals surface area contributed by atoms with Gasteiger partial charge in [0.25, 0.3) is 5.91 Å². The summed E-state index contributed by atoms with van der Waals surface area (Å²) in [5.74, 6) is 0.310. The molecule has 0 fully saturated rings. The van der Waals surface area contributed by atoms with Crippen molar-refractivity contribution in [3.05, 3.63) is 45.5 Å². The third kappa shape index (κ3) is 4.15. The van der Waals surface area contributed by atoms with Gasteiger partial charge in [-0.15, -0.1) is 10.2 Å². The van der Waals surface area contributed by atoms with Crippen LogP contribution in [0.1, 0.15) is 23.8 Å². The molecule has 1 amide bonds. The van der Waals surface area contributed by atoms with Gasteiger partial charge >= 0.3 is 0 Å². The number of halogens is 2. The summed E-state index contributed by atoms with van der Waals surface area (Å²) in [6.45, 7) is 2.88. The first-order chi connectivity index (χ1) is 10.1. The van der Waals surface area contributed by atoms with Gasteiger partial charge in [0.15, 0.2) is 5.69 Å². The number of hydrogen-bond donors (Lipinski definition) is 2. The van der Waals surface area contributed by atoms with Gasteiger partial charge in [-0.2, -0.15) is 0 Å². The predicted octanol–water partition coefficient (Wildman–Crippen LogP) is 3.97. The highest BCUT2D eigenvalue weighted by Gasteiger charge is 2.11. The molecule has 7 heteroatoms. The lowest BCUT2D eigenvalue weighted by atomic mass is 10.3. The standard InChI is InChI=1S/C14H14BrClN4O/c1-2-8-17-12-7-6-11(19-20-12)14(21)18-10-5-3-4-9(16)13(10)15/h3-7H,2,8H2,1H3,(H,17,20)(H,18,21). The van der Waals surface area contributed by atoms with Crippen LogP contribution in [0.2, 0.25) is 5.02 Å². The van der Waals surface area contributed by atoms with Crippen molar-refractivity contribution in [2.75, 3.05) is 17.2 Å². The molecular formula is C14H14BrClN4O. The number of nitrogens with one attached hydrogen (secondary N) is 2. The van der Waals surface area contributed by atoms with E-state index in [1.165, 1.54) is 0 Å². The van der Waals surface area contributed by atoms with Gasteiger partial charge in [-0.25, -0.2) is 0 Å². The molecule has 0 aliphatic heterocycles. The zero-order chi connectivity index (χ0) is 15.2. The normalized spacial score (nSPS) is 10.2. The first-order valence-electron chi connectivity index (χ1n) is 6.44. The van der Waals surface area contributed by atoms with Crippen LogP contribution in [-0.2, 0) is 0 Å². The van der Waals surface area contributed by atoms with Crippen LogP contribution in [0.15, 0.2) is 34.8 Å². The highest BCUT2D eigenvalue weighted by molar-refractivity contribution is 9.10. The summed E-state index contributed by atoms with van der Waals surface area (Å²) in [6.07, 6.45) is 0.993. The molecule has 0 saturated carbocycles. The summed E-state index contributed by atoms with van der Waals surface area (Å²) < 4.78 is 0.634. The third-order valence-electron chi connectivity index (χ3n) is 2.65. The minimum atomic E-state index is -0.340. The monoisotopic (exact) mass is 368 g/mol. The summed E-state index contributed by atoms with van der Waals surface area (Å²) >= 11 is 9.31. The Kier molecular flexibility index (Phi) is 5.52. The largest absolute Gasteiger partial charge is 0.369 e. The van der Waals surface area contributed by atoms with E-state index < -0.39 is 0 Å². The van der Waals surface area contributed by atoms with Crippen molar-refractivity contribution < 1.29 is 4.79 Å². The molecule has 21 heavy (non-hydrogen) atoms. The lowest BCUT2D eigenvalue weighted by Crippen LogP contribution is -2.15. The highest BCUT2D eigenvalue weighted by Crippen LogP contribution is 2.30. The van der Waals surface area contributed by atoms with Crippen LogP contribution in [0.25, 0.3) is 0 Å². The lowest BCUT2D eigenvalue weighted by molar-refractivity contribution is 0.102. The van der Waals surface area contributed by atoms with E-state index in [1.54, 1.807) is 30.3 Å². The molecule has 110 valence electrons. The van der Waals surface area contributed by atoms with E-state index in [0.717, 1.165) is 13.0 Å². The Labute approximate surface area is 136 Å². The molecule has 2 aromatic rings. The molecular weight excluding hydrogens is 356 g/mol. The second-order valence-corrected chi connectivity index (χ2v) is 5.49. The average Bonchev–Trinajstić information content (AvgIpc) is 2.50. The second-order valence-electron chi connectivity index (χ2n) is 4.29. The fourth-order valence-electron chi connectivity index (χ4n) is 1.59. The number of nitrogens with zero attached hydrogens (tertiary/aromatic N) is 2. The molecule has 0 atom stereocenters. The van der Waals surface area contributed by atoms with Gasteiger partial charge in [0.1, 0.15) is 5.82 Å². The van der Waals surface area contributed by atoms with Gasteiger partial charge < -0.3 is 10.6 Å². The molecule has 2 rings (SSSR count). The first-order valence-corrected chi connectivity index (χ1v) is 7.62. The van der Waals surface area contributed by atoms with Crippen molar-refractivity contribution in [3.63, 3.8) is 0 Å². The number of carbonyl (C=O) groups is 1. The van der Waals surface area contributed by atoms with Crippen LogP contribution in [0.4, 0.5) is 11.5 Å². The zero-order valence-corrected chi connectivity index (χ0v) is 13.7. The molecule has 0 aliphatic rings. The molecule has 1 aromatic heterocycles. The molecule has 0 spiro atoms. The van der Waals surface area contributed by atoms with E-state index in [1.807, 2.05) is 0 Å². The average molecular weight is 370 g/mol. The smallest absolute Gasteiger partial charge is 0.276 e. The highest BCUT2D eigenvalue weighted by atomic mass is 79.9. The van der Waals surface area contributed by atoms with Crippen molar-refractivity contribution in [1.82, 2.24) is 10.2 Å². The zero-order valence-electron chi connectivity index (χ0n) is 11.4. The van der Waals surface area contributed by atoms with Gasteiger partial charge in [0.2, 0.25) is 0 Å². The molecule has 0 unspecified atom stereocenters. The van der Waals surface area contributed by atoms with Crippen molar-refractivity contribution >= 4 is 44.9 Å². The Balaban J connectivity index is 2.08. The van der Waals surface area contributed by atoms with E-state index in [4.69, 9.17) is 11.6 Å². The first kappa shape index (κ1) is 15.7. The van der Waals surface area contributed by atoms with E-state index in [9.17, 15) is 4.79 Å². The summed E-state index contributed by atoms with van der Waals surface area (Å²) in [4.78, 5) is 12.1. The van der Waals surface area contributed by atoms with Crippen molar-refractivity contribution in [3.8, 4) is 0 Å². The Bertz CT molecular complexity index is 633. The molecule has 5 nitrogen and oxygen atoms in total. The number of aromatic nitrogens is 2. The van der Waals surface area contributed by atoms with Crippen molar-refractivity contribution in [1.29, 1.82) is 0 Å². The van der Waals surface area contributed by atoms with Gasteiger partial charge in [0, 0.05) is 6.54 Å². The van der Waals surface area contributed by atoms with E-state index in [-0.39, 0.29) is 11.6 Å². The molecule has 2 N–H and O–H groups in total. The Morgan fingerprint density at radius 2 is 2.10 bits per heavy atom. The molecule has 1 aromatic carbocycles. The number of anilines is 2. The van der Waals surface area contributed by atoms with Crippen LogP contribution >= 0.6 is 27.5 Å². The van der Waals surface area contributed by atoms with Crippen LogP contribution in [0.5, 0.6) is 0 Å². The SMILES string of the molecule is CCCNc1ccc(C(=O)Nc2cccc(Cl)c2Br)nn1. The Morgan fingerprint density at radius 1 is 1.29 bits per heavy atom. The molecule has 0 aliphatic carbocycles. The summed E-state index contributed by atoms with van der Waals surface area (Å²) in [6, 6.07) is 8.59. The number of amides is 1. The van der Waals surface area contributed by atoms with Crippen molar-refractivity contribution in [2.24, 2.45) is 0 Å². The maximum absolute atomic E-state index is 12.1. The van der Waals surface area contributed by atoms with Crippen LogP contribution in [0.3, 0.4) is 0 Å². The van der Waals surface area contributed by atoms with Crippen molar-refractivity contribution in [2.45, 2.75) is 13.3 Å². The van der Waals surface area contributed by atoms with Gasteiger partial charge in [-0.05, 0) is 46.6 Å². The third-order valence-corrected chi connectivity index (χ3v) is 4.05. The summed E-state index contributed by atoms with van der Waals surface area (Å²) in [7, 11) is 0. The molecule has 0 saturated heterocycles. The quantitative estimate of drug-likeness (QED) is 0.837. The summed E-state index contributed by atoms with van der Waals surface area (Å²) in [5.41, 5.74) is 0.825. The molecule has 0 radical (unpaired) electrons. The van der Waals surface area contributed by atoms with Crippen LogP contribution in [0, 0.1) is 0 Å². The van der Waals surface area contributed by atoms with Crippen LogP contribution < -0.4 is 10.6 Å². The number of rotatable bonds is 5. The Hall–Kier alpha value is -1.66. The predicted molar refractivity (Wildman–Crippen MR) is 87.9 cm³/mol. The van der Waals surface area contributed by atoms with Gasteiger partial charge in [-0.3, -0.25) is 4.79 Å². The number of carbonyl (C=O) groups excluding carboxylic acids is 1. The minimum Gasteiger partial charge on any atom is -0.369 e. The summed E-state index contributed by atoms with van der Waals surface area (Å²) in [5, 5.41) is 14.2. The molecule has 0 bridgehead atoms. The van der Waals surface area contributed by atoms with E-state index in [0.29, 0.717) is 21.0 Å². The Morgan fingerprint density at radius 3 is 2.76 bits per heavy atom. The minimum absolute atomic E-state index is 0.240. The fourth-order valence-corrected chi connectivity index (χ4v) is 2.13. The van der Waals surface area contributed by atoms with Gasteiger partial charge in [0.05, 0.1) is 15.2 Å². The van der Waals surface area contributed by atoms with E-state index in [2.05, 4.69) is 43.7 Å². The van der Waals surface area contributed by atoms with Crippen LogP contribution in [-0.4, -0.2) is 22.6 Å². The lowest BCUT2D eigenvalue weighted by Gasteiger charge is -2.08. The van der Waals surface area contributed by atoms with Gasteiger partial charge in [-0.1, -0.05) is 24.6 Å². The number of hydrogen-bond acceptors (Lipinski definition) is 4. The molecule has 1 heterocycles. The topological polar surface area (TPSA) is 66.9 Å². The maximum Gasteiger partial charge on any atom is 0.276 e. The fraction of sp³-hybridized carbons (Fsp3) is 0.214.